The van der Waals surface area contributed by atoms with E-state index in [0.717, 1.165) is 6.08 Å². The lowest BCUT2D eigenvalue weighted by molar-refractivity contribution is -0.124. The quantitative estimate of drug-likeness (QED) is 0.304. The molecule has 154 valence electrons. The van der Waals surface area contributed by atoms with Crippen molar-refractivity contribution in [3.63, 3.8) is 0 Å². The van der Waals surface area contributed by atoms with Crippen LogP contribution in [0.25, 0.3) is 0 Å². The van der Waals surface area contributed by atoms with Gasteiger partial charge in [0.15, 0.2) is 17.6 Å². The normalized spacial score (nSPS) is 12.8. The second-order valence-corrected chi connectivity index (χ2v) is 5.78. The third-order valence-electron chi connectivity index (χ3n) is 3.90. The monoisotopic (exact) mass is 402 g/mol. The molecule has 9 nitrogen and oxygen atoms in total. The van der Waals surface area contributed by atoms with E-state index in [0.29, 0.717) is 11.3 Å². The standard InChI is InChI=1S/C20H22N2O7/c1-27-16-9-8-13(12-15(16)23)19(17(28-2)10-11-18(24)22-26)29-20(25)21-14-6-4-3-5-7-14/h3-12,17,19,23,26H,1-2H3,(H,21,25)(H,22,24)/b11-10+/t17-,19-/m1/s1. The number of hydroxylamine groups is 1. The topological polar surface area (TPSA) is 126 Å². The SMILES string of the molecule is COc1ccc([C@@H](OC(=O)Nc2ccccc2)[C@@H](/C=C/C(=O)NO)OC)cc1O. The zero-order valence-corrected chi connectivity index (χ0v) is 15.9. The van der Waals surface area contributed by atoms with Gasteiger partial charge in [-0.3, -0.25) is 15.3 Å². The molecule has 2 rings (SSSR count). The Kier molecular flexibility index (Phi) is 8.01. The molecule has 9 heteroatoms. The van der Waals surface area contributed by atoms with Crippen LogP contribution in [0.5, 0.6) is 11.5 Å². The minimum absolute atomic E-state index is 0.158. The lowest BCUT2D eigenvalue weighted by atomic mass is 10.0. The molecule has 2 amide bonds. The molecule has 0 aliphatic rings. The molecule has 2 aromatic carbocycles. The number of phenolic OH excluding ortho intramolecular Hbond substituents is 1. The molecule has 0 aliphatic heterocycles. The fourth-order valence-corrected chi connectivity index (χ4v) is 2.52. The summed E-state index contributed by atoms with van der Waals surface area (Å²) < 4.78 is 15.9. The van der Waals surface area contributed by atoms with Gasteiger partial charge in [-0.1, -0.05) is 24.3 Å². The van der Waals surface area contributed by atoms with E-state index in [1.165, 1.54) is 37.9 Å². The van der Waals surface area contributed by atoms with E-state index in [2.05, 4.69) is 5.32 Å². The number of phenols is 1. The molecule has 0 fully saturated rings. The average Bonchev–Trinajstić information content (AvgIpc) is 2.73. The van der Waals surface area contributed by atoms with E-state index < -0.39 is 24.2 Å². The predicted molar refractivity (Wildman–Crippen MR) is 104 cm³/mol. The molecule has 29 heavy (non-hydrogen) atoms. The third kappa shape index (κ3) is 6.23. The first-order valence-electron chi connectivity index (χ1n) is 8.53. The fourth-order valence-electron chi connectivity index (χ4n) is 2.52. The van der Waals surface area contributed by atoms with Crippen LogP contribution in [0.3, 0.4) is 0 Å². The van der Waals surface area contributed by atoms with Crippen molar-refractivity contribution in [1.29, 1.82) is 0 Å². The summed E-state index contributed by atoms with van der Waals surface area (Å²) >= 11 is 0. The van der Waals surface area contributed by atoms with Crippen molar-refractivity contribution >= 4 is 17.7 Å². The number of nitrogens with one attached hydrogen (secondary N) is 2. The Morgan fingerprint density at radius 3 is 2.41 bits per heavy atom. The highest BCUT2D eigenvalue weighted by atomic mass is 16.6. The van der Waals surface area contributed by atoms with Crippen LogP contribution in [0.2, 0.25) is 0 Å². The summed E-state index contributed by atoms with van der Waals surface area (Å²) in [4.78, 5) is 23.7. The van der Waals surface area contributed by atoms with Crippen LogP contribution in [0.15, 0.2) is 60.7 Å². The Morgan fingerprint density at radius 1 is 1.10 bits per heavy atom. The molecule has 2 atom stereocenters. The van der Waals surface area contributed by atoms with Gasteiger partial charge in [-0.05, 0) is 35.9 Å². The van der Waals surface area contributed by atoms with Gasteiger partial charge in [-0.2, -0.15) is 0 Å². The van der Waals surface area contributed by atoms with E-state index in [-0.39, 0.29) is 11.5 Å². The number of amides is 2. The van der Waals surface area contributed by atoms with E-state index in [4.69, 9.17) is 19.4 Å². The van der Waals surface area contributed by atoms with Crippen molar-refractivity contribution in [3.05, 3.63) is 66.2 Å². The Hall–Kier alpha value is -3.56. The maximum atomic E-state index is 12.4. The minimum Gasteiger partial charge on any atom is -0.504 e. The van der Waals surface area contributed by atoms with Gasteiger partial charge < -0.3 is 19.3 Å². The summed E-state index contributed by atoms with van der Waals surface area (Å²) in [5.74, 6) is -0.698. The zero-order chi connectivity index (χ0) is 21.2. The van der Waals surface area contributed by atoms with Gasteiger partial charge in [0.1, 0.15) is 6.10 Å². The third-order valence-corrected chi connectivity index (χ3v) is 3.90. The van der Waals surface area contributed by atoms with Crippen LogP contribution in [-0.2, 0) is 14.3 Å². The van der Waals surface area contributed by atoms with Gasteiger partial charge in [-0.15, -0.1) is 0 Å². The highest BCUT2D eigenvalue weighted by Crippen LogP contribution is 2.33. The van der Waals surface area contributed by atoms with Crippen LogP contribution in [0.4, 0.5) is 10.5 Å². The summed E-state index contributed by atoms with van der Waals surface area (Å²) in [6.45, 7) is 0. The summed E-state index contributed by atoms with van der Waals surface area (Å²) in [7, 11) is 2.77. The second-order valence-electron chi connectivity index (χ2n) is 5.78. The van der Waals surface area contributed by atoms with Gasteiger partial charge in [0.05, 0.1) is 7.11 Å². The number of anilines is 1. The van der Waals surface area contributed by atoms with Crippen molar-refractivity contribution in [2.24, 2.45) is 0 Å². The van der Waals surface area contributed by atoms with Crippen molar-refractivity contribution in [3.8, 4) is 11.5 Å². The number of aromatic hydroxyl groups is 1. The number of carbonyl (C=O) groups is 2. The largest absolute Gasteiger partial charge is 0.504 e. The predicted octanol–water partition coefficient (Wildman–Crippen LogP) is 2.77. The van der Waals surface area contributed by atoms with Gasteiger partial charge in [-0.25, -0.2) is 10.3 Å². The maximum Gasteiger partial charge on any atom is 0.412 e. The van der Waals surface area contributed by atoms with Crippen molar-refractivity contribution in [2.75, 3.05) is 19.5 Å². The van der Waals surface area contributed by atoms with Crippen molar-refractivity contribution < 1.29 is 34.1 Å². The molecule has 0 radical (unpaired) electrons. The van der Waals surface area contributed by atoms with Crippen molar-refractivity contribution in [1.82, 2.24) is 5.48 Å². The van der Waals surface area contributed by atoms with E-state index in [9.17, 15) is 14.7 Å². The average molecular weight is 402 g/mol. The molecule has 0 spiro atoms. The van der Waals surface area contributed by atoms with E-state index in [1.807, 2.05) is 0 Å². The number of carbonyl (C=O) groups excluding carboxylic acids is 2. The molecule has 0 unspecified atom stereocenters. The van der Waals surface area contributed by atoms with E-state index in [1.54, 1.807) is 36.4 Å². The Labute approximate surface area is 167 Å². The second kappa shape index (κ2) is 10.7. The first-order valence-corrected chi connectivity index (χ1v) is 8.53. The van der Waals surface area contributed by atoms with Gasteiger partial charge >= 0.3 is 6.09 Å². The first kappa shape index (κ1) is 21.7. The van der Waals surface area contributed by atoms with Gasteiger partial charge in [0.25, 0.3) is 5.91 Å². The molecule has 0 saturated heterocycles. The number of hydrogen-bond acceptors (Lipinski definition) is 7. The maximum absolute atomic E-state index is 12.4. The lowest BCUT2D eigenvalue weighted by Crippen LogP contribution is -2.27. The minimum atomic E-state index is -1.02. The van der Waals surface area contributed by atoms with Crippen LogP contribution in [-0.4, -0.2) is 42.6 Å². The molecule has 4 N–H and O–H groups in total. The number of hydrogen-bond donors (Lipinski definition) is 4. The molecular formula is C20H22N2O7. The molecule has 0 bridgehead atoms. The fraction of sp³-hybridized carbons (Fsp3) is 0.200. The Morgan fingerprint density at radius 2 is 1.83 bits per heavy atom. The zero-order valence-electron chi connectivity index (χ0n) is 15.9. The smallest absolute Gasteiger partial charge is 0.412 e. The number of methoxy groups -OCH3 is 2. The number of rotatable bonds is 8. The van der Waals surface area contributed by atoms with Crippen LogP contribution in [0.1, 0.15) is 11.7 Å². The summed E-state index contributed by atoms with van der Waals surface area (Å²) in [6, 6.07) is 13.1. The molecule has 0 aromatic heterocycles. The molecule has 0 aliphatic carbocycles. The number of ether oxygens (including phenoxy) is 3. The first-order chi connectivity index (χ1) is 14.0. The highest BCUT2D eigenvalue weighted by molar-refractivity contribution is 5.86. The van der Waals surface area contributed by atoms with Crippen LogP contribution < -0.4 is 15.5 Å². The summed E-state index contributed by atoms with van der Waals surface area (Å²) in [5, 5.41) is 21.3. The van der Waals surface area contributed by atoms with Crippen LogP contribution >= 0.6 is 0 Å². The van der Waals surface area contributed by atoms with E-state index >= 15 is 0 Å². The Balaban J connectivity index is 2.30. The number of benzene rings is 2. The summed E-state index contributed by atoms with van der Waals surface area (Å²) in [5.41, 5.74) is 2.38. The Bertz CT molecular complexity index is 855. The van der Waals surface area contributed by atoms with Crippen molar-refractivity contribution in [2.45, 2.75) is 12.2 Å². The number of para-hydroxylation sites is 1. The molecular weight excluding hydrogens is 380 g/mol. The highest BCUT2D eigenvalue weighted by Gasteiger charge is 2.27. The van der Waals surface area contributed by atoms with Crippen LogP contribution in [0, 0.1) is 0 Å². The molecule has 2 aromatic rings. The van der Waals surface area contributed by atoms with Gasteiger partial charge in [0, 0.05) is 18.9 Å². The summed E-state index contributed by atoms with van der Waals surface area (Å²) in [6.07, 6.45) is -0.348. The lowest BCUT2D eigenvalue weighted by Gasteiger charge is -2.24. The van der Waals surface area contributed by atoms with Gasteiger partial charge in [0.2, 0.25) is 0 Å². The molecule has 0 saturated carbocycles. The molecule has 0 heterocycles.